The van der Waals surface area contributed by atoms with E-state index in [1.807, 2.05) is 72.8 Å². The summed E-state index contributed by atoms with van der Waals surface area (Å²) >= 11 is 74.0. The molecule has 16 heterocycles. The van der Waals surface area contributed by atoms with Gasteiger partial charge in [-0.1, -0.05) is 188 Å². The van der Waals surface area contributed by atoms with Gasteiger partial charge in [0, 0.05) is 84.3 Å². The van der Waals surface area contributed by atoms with E-state index in [0.29, 0.717) is 173 Å². The van der Waals surface area contributed by atoms with Crippen LogP contribution < -0.4 is 37.9 Å². The van der Waals surface area contributed by atoms with E-state index < -0.39 is 0 Å². The Balaban J connectivity index is 0.000000117. The number of para-hydroxylation sites is 4. The Morgan fingerprint density at radius 3 is 0.647 bits per heavy atom. The molecule has 24 nitrogen and oxygen atoms in total. The van der Waals surface area contributed by atoms with Crippen molar-refractivity contribution in [2.45, 2.75) is 278 Å². The monoisotopic (exact) mass is 2310 g/mol. The molecular weight excluding hydrogens is 2180 g/mol. The largest absolute Gasteiger partial charge is 0.492 e. The molecule has 16 aliphatic rings. The first-order chi connectivity index (χ1) is 73.0. The van der Waals surface area contributed by atoms with Gasteiger partial charge in [0.1, 0.15) is 46.0 Å². The molecule has 36 heteroatoms. The summed E-state index contributed by atoms with van der Waals surface area (Å²) in [4.78, 5) is 0. The Morgan fingerprint density at radius 2 is 0.387 bits per heavy atom. The van der Waals surface area contributed by atoms with Gasteiger partial charge >= 0.3 is 0 Å². The van der Waals surface area contributed by atoms with Crippen molar-refractivity contribution in [1.82, 2.24) is 0 Å². The number of hydrogen-bond acceptors (Lipinski definition) is 24. The van der Waals surface area contributed by atoms with Crippen LogP contribution in [-0.4, -0.2) is 255 Å². The van der Waals surface area contributed by atoms with Crippen molar-refractivity contribution in [1.29, 1.82) is 0 Å². The maximum Gasteiger partial charge on any atom is 0.141 e. The van der Waals surface area contributed by atoms with Crippen LogP contribution in [0.4, 0.5) is 0 Å². The van der Waals surface area contributed by atoms with Crippen LogP contribution in [0, 0.1) is 0 Å². The number of unbranched alkanes of at least 4 members (excludes halogenated alkanes) is 2. The minimum absolute atomic E-state index is 0.108. The Bertz CT molecular complexity index is 5540. The van der Waals surface area contributed by atoms with Crippen LogP contribution in [0.1, 0.15) is 161 Å². The highest BCUT2D eigenvalue weighted by atomic mass is 35.5. The summed E-state index contributed by atoms with van der Waals surface area (Å²) in [5.41, 5.74) is 8.69. The zero-order valence-electron chi connectivity index (χ0n) is 84.8. The summed E-state index contributed by atoms with van der Waals surface area (Å²) in [6.07, 6.45) is 29.8. The summed E-state index contributed by atoms with van der Waals surface area (Å²) in [6, 6.07) is 38.1. The average molecular weight is 2320 g/mol. The SMILES string of the molecule is CC(CCC1CO1)Oc1c(Cl)cc(Cl)cc1CC1CO1.CC(CCC1CO1)Oc1c(Cl)cccc1CC1CO1.Clc1cc(Cl)c(OCCC2CO2)c(CC2CO2)c1.Clc1cc(Cl)c(OCCCC2CO2)c(CC2CO2)c1.Clc1cc(Cl)c(OCCCCC2CO2)c(CC2CO2)c1.Clc1cccc(CC2CO2)c1OCCC1CO1.Clc1cccc(CC2CO2)c1OCCCC1CO1.Clc1cccc(CC2CO2)c1OCCCCC1CO1. The molecule has 0 amide bonds. The lowest BCUT2D eigenvalue weighted by Gasteiger charge is -2.18. The summed E-state index contributed by atoms with van der Waals surface area (Å²) < 4.78 is 131. The topological polar surface area (TPSA) is 274 Å². The minimum atomic E-state index is 0.108. The number of benzene rings is 8. The van der Waals surface area contributed by atoms with E-state index in [9.17, 15) is 0 Å². The maximum absolute atomic E-state index is 6.28. The first kappa shape index (κ1) is 116. The molecule has 0 aromatic heterocycles. The highest BCUT2D eigenvalue weighted by Gasteiger charge is 2.37. The summed E-state index contributed by atoms with van der Waals surface area (Å²) in [5, 5.41) is 7.60. The molecule has 0 aliphatic carbocycles. The van der Waals surface area contributed by atoms with Crippen LogP contribution in [0.5, 0.6) is 46.0 Å². The number of halogens is 12. The van der Waals surface area contributed by atoms with Crippen molar-refractivity contribution < 1.29 is 114 Å². The quantitative estimate of drug-likeness (QED) is 0.0253. The molecule has 0 radical (unpaired) electrons. The molecule has 24 rings (SSSR count). The zero-order valence-corrected chi connectivity index (χ0v) is 93.9. The van der Waals surface area contributed by atoms with Crippen LogP contribution >= 0.6 is 139 Å². The molecule has 16 saturated heterocycles. The van der Waals surface area contributed by atoms with Gasteiger partial charge in [-0.2, -0.15) is 0 Å². The van der Waals surface area contributed by atoms with E-state index in [0.717, 1.165) is 357 Å². The smallest absolute Gasteiger partial charge is 0.141 e. The van der Waals surface area contributed by atoms with Crippen LogP contribution in [0.15, 0.2) is 121 Å². The number of ether oxygens (including phenoxy) is 24. The van der Waals surface area contributed by atoms with Crippen LogP contribution in [-0.2, 0) is 127 Å². The van der Waals surface area contributed by atoms with Crippen molar-refractivity contribution in [2.24, 2.45) is 0 Å². The molecule has 18 atom stereocenters. The highest BCUT2D eigenvalue weighted by molar-refractivity contribution is 6.38. The van der Waals surface area contributed by atoms with Crippen molar-refractivity contribution in [3.8, 4) is 46.0 Å². The van der Waals surface area contributed by atoms with E-state index >= 15 is 0 Å². The van der Waals surface area contributed by atoms with Gasteiger partial charge in [-0.3, -0.25) is 0 Å². The predicted octanol–water partition coefficient (Wildman–Crippen LogP) is 26.1. The normalized spacial score (nSPS) is 24.9. The predicted molar refractivity (Wildman–Crippen MR) is 584 cm³/mol. The van der Waals surface area contributed by atoms with E-state index in [2.05, 4.69) is 38.1 Å². The molecule has 8 aromatic rings. The summed E-state index contributed by atoms with van der Waals surface area (Å²) in [5.74, 6) is 6.28. The maximum atomic E-state index is 6.28. The van der Waals surface area contributed by atoms with Crippen molar-refractivity contribution >= 4 is 139 Å². The van der Waals surface area contributed by atoms with Gasteiger partial charge in [-0.05, 0) is 221 Å². The second-order valence-electron chi connectivity index (χ2n) is 40.3. The van der Waals surface area contributed by atoms with Gasteiger partial charge in [0.05, 0.1) is 295 Å². The summed E-state index contributed by atoms with van der Waals surface area (Å²) in [6.45, 7) is 22.0. The van der Waals surface area contributed by atoms with Crippen molar-refractivity contribution in [3.63, 3.8) is 0 Å². The van der Waals surface area contributed by atoms with Crippen LogP contribution in [0.25, 0.3) is 0 Å². The molecule has 0 saturated carbocycles. The second kappa shape index (κ2) is 59.2. The molecule has 8 aromatic carbocycles. The van der Waals surface area contributed by atoms with E-state index in [-0.39, 0.29) is 30.5 Å². The zero-order chi connectivity index (χ0) is 104. The van der Waals surface area contributed by atoms with Gasteiger partial charge in [0.15, 0.2) is 0 Å². The van der Waals surface area contributed by atoms with E-state index in [1.165, 1.54) is 0 Å². The fourth-order valence-corrected chi connectivity index (χ4v) is 20.0. The lowest BCUT2D eigenvalue weighted by molar-refractivity contribution is 0.199. The van der Waals surface area contributed by atoms with Crippen LogP contribution in [0.2, 0.25) is 60.3 Å². The fraction of sp³-hybridized carbons (Fsp3) is 0.579. The molecule has 16 aliphatic heterocycles. The highest BCUT2D eigenvalue weighted by Crippen LogP contribution is 2.44. The third-order valence-corrected chi connectivity index (χ3v) is 29.7. The number of rotatable bonds is 56. The van der Waals surface area contributed by atoms with Crippen LogP contribution in [0.3, 0.4) is 0 Å². The molecule has 150 heavy (non-hydrogen) atoms. The van der Waals surface area contributed by atoms with Crippen molar-refractivity contribution in [2.75, 3.05) is 145 Å². The van der Waals surface area contributed by atoms with Crippen molar-refractivity contribution in [3.05, 3.63) is 226 Å². The number of hydrogen-bond donors (Lipinski definition) is 0. The standard InChI is InChI=1S/2C15H18Cl2O3.2C15H19ClO3.C14H16Cl2O3.C14H17ClO3.C13H14Cl2O3.C13H15ClO3/c1-9(2-3-12-7-18-12)20-15-10(5-13-8-19-13)4-11(16)6-14(15)17;16-11-5-10(6-13-9-20-13)15(14(17)7-11)18-4-2-1-3-12-8-19-12;1-10(5-6-12-8-17-12)19-15-11(7-13-9-18-13)3-2-4-14(15)16;16-14-6-3-4-11(8-13-10-19-13)15(14)17-7-2-1-5-12-9-18-12;15-10-4-9(5-12-8-19-12)14(13(16)6-10)17-3-1-2-11-7-18-11;15-13-5-1-3-10(7-12-9-18-12)14(13)16-6-2-4-11-8-17-11;14-9-3-8(4-11-7-18-11)13(12(15)5-9)16-2-1-10-6-17-10;14-12-3-1-2-9(6-11-8-17-11)13(12)15-5-4-10-7-16-10/h4,6,9,12-13H,2-3,5,7-8H2,1H3;5,7,12-13H,1-4,6,8-9H2;2-4,10,12-13H,5-9H2,1H3;3-4,6,12-13H,1-2,5,7-10H2;4,6,11-12H,1-3,5,7-8H2;1,3,5,11-12H,2,4,6-9H2;3,5,10-11H,1-2,4,6-7H2;1-3,10-11H,4-8H2. The lowest BCUT2D eigenvalue weighted by atomic mass is 10.1. The number of epoxide rings is 16. The Hall–Kier alpha value is -5.00. The van der Waals surface area contributed by atoms with Gasteiger partial charge < -0.3 is 114 Å². The third-order valence-electron chi connectivity index (χ3n) is 26.5. The Labute approximate surface area is 940 Å². The molecule has 18 unspecified atom stereocenters. The van der Waals surface area contributed by atoms with Gasteiger partial charge in [-0.25, -0.2) is 0 Å². The van der Waals surface area contributed by atoms with Gasteiger partial charge in [0.25, 0.3) is 0 Å². The second-order valence-corrected chi connectivity index (χ2v) is 45.3. The first-order valence-electron chi connectivity index (χ1n) is 53.0. The average Bonchev–Trinajstić information content (AvgIpc) is 1.76. The van der Waals surface area contributed by atoms with Gasteiger partial charge in [-0.15, -0.1) is 0 Å². The molecule has 0 bridgehead atoms. The fourth-order valence-electron chi connectivity index (χ4n) is 16.7. The van der Waals surface area contributed by atoms with E-state index in [4.69, 9.17) is 253 Å². The molecule has 0 N–H and O–H groups in total. The molecule has 16 fully saturated rings. The molecule has 0 spiro atoms. The lowest BCUT2D eigenvalue weighted by Crippen LogP contribution is -2.14. The molecule has 820 valence electrons. The Kier molecular flexibility index (Phi) is 45.8. The molecular formula is C114H136Cl12O24. The summed E-state index contributed by atoms with van der Waals surface area (Å²) in [7, 11) is 0. The van der Waals surface area contributed by atoms with Gasteiger partial charge in [0.2, 0.25) is 0 Å². The minimum Gasteiger partial charge on any atom is -0.492 e. The Morgan fingerprint density at radius 1 is 0.200 bits per heavy atom. The first-order valence-corrected chi connectivity index (χ1v) is 57.5. The van der Waals surface area contributed by atoms with E-state index in [1.54, 1.807) is 24.3 Å². The third kappa shape index (κ3) is 44.3.